The summed E-state index contributed by atoms with van der Waals surface area (Å²) < 4.78 is 72.5. The zero-order valence-electron chi connectivity index (χ0n) is 34.3. The molecule has 0 amide bonds. The Morgan fingerprint density at radius 2 is 1.60 bits per heavy atom. The van der Waals surface area contributed by atoms with Crippen molar-refractivity contribution >= 4 is 49.2 Å². The Bertz CT molecular complexity index is 2450. The number of benzene rings is 4. The van der Waals surface area contributed by atoms with Gasteiger partial charge in [-0.25, -0.2) is 0 Å². The van der Waals surface area contributed by atoms with E-state index in [0.29, 0.717) is 26.9 Å². The van der Waals surface area contributed by atoms with Crippen LogP contribution in [0.2, 0.25) is 17.3 Å². The molecule has 0 atom stereocenters. The van der Waals surface area contributed by atoms with Gasteiger partial charge in [-0.15, -0.1) is 17.7 Å². The number of aryl methyl sites for hydroxylation is 2. The topological polar surface area (TPSA) is 25.8 Å². The SMILES string of the molecule is [2H]C([2H])([2H])c1c[c-]c(-c2cc(C([2H])(C)C)[c]([Ge]([CH3])([CH3])[CH3])cn2)cc1.[2H]C([2H])([2H])c1cc(-c2[c-]cc(F)c3c2sc2ccccc23)ncc1-c1ccccc1.[Ir]. The Morgan fingerprint density at radius 1 is 0.854 bits per heavy atom. The molecule has 3 aromatic heterocycles. The Morgan fingerprint density at radius 3 is 2.29 bits per heavy atom. The van der Waals surface area contributed by atoms with Gasteiger partial charge in [-0.2, -0.15) is 11.3 Å². The number of hydrogen-bond donors (Lipinski definition) is 0. The molecule has 0 aliphatic carbocycles. The van der Waals surface area contributed by atoms with E-state index in [1.54, 1.807) is 24.4 Å². The fourth-order valence-corrected chi connectivity index (χ4v) is 10.1. The molecule has 1 radical (unpaired) electrons. The third-order valence-corrected chi connectivity index (χ3v) is 13.4. The van der Waals surface area contributed by atoms with Crippen molar-refractivity contribution in [3.8, 4) is 33.6 Å². The van der Waals surface area contributed by atoms with Crippen LogP contribution in [0.25, 0.3) is 53.8 Å². The maximum Gasteiger partial charge on any atom is 0.0470 e. The van der Waals surface area contributed by atoms with E-state index in [0.717, 1.165) is 32.5 Å². The normalized spacial score (nSPS) is 14.2. The second-order valence-electron chi connectivity index (χ2n) is 12.7. The number of fused-ring (bicyclic) bond motifs is 3. The van der Waals surface area contributed by atoms with E-state index in [4.69, 9.17) is 9.60 Å². The fourth-order valence-electron chi connectivity index (χ4n) is 5.56. The summed E-state index contributed by atoms with van der Waals surface area (Å²) in [5.41, 5.74) is 5.41. The number of rotatable bonds is 5. The van der Waals surface area contributed by atoms with Crippen molar-refractivity contribution in [3.63, 3.8) is 0 Å². The van der Waals surface area contributed by atoms with Crippen LogP contribution in [0.5, 0.6) is 0 Å². The molecule has 245 valence electrons. The quantitative estimate of drug-likeness (QED) is 0.127. The second-order valence-corrected chi connectivity index (χ2v) is 24.3. The molecule has 2 nitrogen and oxygen atoms in total. The van der Waals surface area contributed by atoms with Gasteiger partial charge < -0.3 is 4.98 Å². The number of pyridine rings is 2. The molecule has 0 fully saturated rings. The summed E-state index contributed by atoms with van der Waals surface area (Å²) in [6.45, 7) is -0.654. The number of aromatic nitrogens is 2. The zero-order chi connectivity index (χ0) is 39.2. The predicted molar refractivity (Wildman–Crippen MR) is 202 cm³/mol. The molecule has 0 N–H and O–H groups in total. The van der Waals surface area contributed by atoms with E-state index in [-0.39, 0.29) is 37.0 Å². The molecule has 4 aromatic carbocycles. The summed E-state index contributed by atoms with van der Waals surface area (Å²) in [6, 6.07) is 32.7. The molecule has 0 aliphatic heterocycles. The summed E-state index contributed by atoms with van der Waals surface area (Å²) in [5, 5.41) is 1.36. The van der Waals surface area contributed by atoms with Crippen LogP contribution in [-0.4, -0.2) is 23.2 Å². The van der Waals surface area contributed by atoms with Gasteiger partial charge in [-0.05, 0) is 45.2 Å². The summed E-state index contributed by atoms with van der Waals surface area (Å²) in [5.74, 6) is 5.84. The van der Waals surface area contributed by atoms with Crippen molar-refractivity contribution < 1.29 is 34.1 Å². The first-order chi connectivity index (χ1) is 25.2. The largest absolute Gasteiger partial charge is 0.304 e. The number of hydrogen-bond acceptors (Lipinski definition) is 3. The standard InChI is InChI=1S/C24H15FNS.C18H24GeN.Ir/c1-15-13-21(26-14-19(15)16-7-3-2-4-8-16)17-11-12-20(25)23-18-9-5-6-10-22(18)27-24(17)23;1-13(2)16-11-18(15-9-7-14(3)8-10-15)20-12-17(16)19(4,5)6;/h2-10,12-14H,1H3;7-9,11-13H,1-6H3;/q2*-1;/i1D3;3D3,13D;. The first-order valence-corrected chi connectivity index (χ1v) is 23.5. The minimum atomic E-state index is -2.32. The Labute approximate surface area is 314 Å². The van der Waals surface area contributed by atoms with Gasteiger partial charge in [0, 0.05) is 46.5 Å². The van der Waals surface area contributed by atoms with E-state index >= 15 is 0 Å². The maximum absolute atomic E-state index is 14.7. The molecule has 6 heteroatoms. The molecule has 0 spiro atoms. The molecular weight excluding hydrogens is 848 g/mol. The molecule has 48 heavy (non-hydrogen) atoms. The van der Waals surface area contributed by atoms with Crippen molar-refractivity contribution in [2.45, 2.75) is 50.7 Å². The third-order valence-electron chi connectivity index (χ3n) is 7.99. The first kappa shape index (κ1) is 27.4. The minimum Gasteiger partial charge on any atom is -0.304 e. The van der Waals surface area contributed by atoms with Crippen LogP contribution in [-0.2, 0) is 20.1 Å². The van der Waals surface area contributed by atoms with E-state index in [9.17, 15) is 4.39 Å². The van der Waals surface area contributed by atoms with Crippen LogP contribution in [0.3, 0.4) is 0 Å². The van der Waals surface area contributed by atoms with Crippen LogP contribution in [0.4, 0.5) is 4.39 Å². The third kappa shape index (κ3) is 7.55. The minimum absolute atomic E-state index is 0. The first-order valence-electron chi connectivity index (χ1n) is 18.8. The van der Waals surface area contributed by atoms with Crippen LogP contribution in [0, 0.1) is 31.7 Å². The Hall–Kier alpha value is -3.48. The van der Waals surface area contributed by atoms with Gasteiger partial charge in [0.15, 0.2) is 0 Å². The van der Waals surface area contributed by atoms with Crippen molar-refractivity contribution in [3.05, 3.63) is 138 Å². The van der Waals surface area contributed by atoms with Gasteiger partial charge in [-0.3, -0.25) is 4.39 Å². The Kier molecular flexibility index (Phi) is 8.53. The molecule has 7 aromatic rings. The predicted octanol–water partition coefficient (Wildman–Crippen LogP) is 11.6. The van der Waals surface area contributed by atoms with Crippen LogP contribution >= 0.6 is 11.3 Å². The smallest absolute Gasteiger partial charge is 0.0470 e. The zero-order valence-corrected chi connectivity index (χ0v) is 32.6. The summed E-state index contributed by atoms with van der Waals surface area (Å²) in [6.07, 6.45) is 3.50. The average Bonchev–Trinajstić information content (AvgIpc) is 3.51. The van der Waals surface area contributed by atoms with E-state index in [1.807, 2.05) is 80.7 Å². The van der Waals surface area contributed by atoms with Gasteiger partial charge in [0.2, 0.25) is 0 Å². The maximum atomic E-state index is 14.7. The van der Waals surface area contributed by atoms with Crippen molar-refractivity contribution in [2.75, 3.05) is 0 Å². The number of thiophene rings is 1. The molecule has 7 rings (SSSR count). The van der Waals surface area contributed by atoms with Crippen molar-refractivity contribution in [2.24, 2.45) is 0 Å². The number of halogens is 1. The molecular formula is C42H39FGeIrN2S-2. The van der Waals surface area contributed by atoms with Crippen molar-refractivity contribution in [1.29, 1.82) is 0 Å². The fraction of sp³-hybridized carbons (Fsp3) is 0.190. The molecule has 0 unspecified atom stereocenters. The summed E-state index contributed by atoms with van der Waals surface area (Å²) in [7, 11) is 0. The van der Waals surface area contributed by atoms with Gasteiger partial charge in [0.1, 0.15) is 0 Å². The number of nitrogens with zero attached hydrogens (tertiary/aromatic N) is 2. The van der Waals surface area contributed by atoms with Gasteiger partial charge in [0.05, 0.1) is 0 Å². The van der Waals surface area contributed by atoms with E-state index in [1.165, 1.54) is 27.9 Å². The molecule has 0 bridgehead atoms. The monoisotopic (exact) mass is 896 g/mol. The van der Waals surface area contributed by atoms with Crippen LogP contribution < -0.4 is 4.40 Å². The van der Waals surface area contributed by atoms with Crippen LogP contribution in [0.1, 0.15) is 46.0 Å². The Balaban J connectivity index is 0.000000213. The van der Waals surface area contributed by atoms with Gasteiger partial charge >= 0.3 is 131 Å². The summed E-state index contributed by atoms with van der Waals surface area (Å²) in [4.78, 5) is 9.13. The van der Waals surface area contributed by atoms with Gasteiger partial charge in [-0.1, -0.05) is 54.6 Å². The molecule has 0 saturated heterocycles. The van der Waals surface area contributed by atoms with Gasteiger partial charge in [0.25, 0.3) is 0 Å². The molecule has 0 aliphatic rings. The average molecular weight is 895 g/mol. The van der Waals surface area contributed by atoms with Crippen molar-refractivity contribution in [1.82, 2.24) is 9.97 Å². The van der Waals surface area contributed by atoms with Crippen LogP contribution in [0.15, 0.2) is 103 Å². The summed E-state index contributed by atoms with van der Waals surface area (Å²) >= 11 is -0.681. The second kappa shape index (κ2) is 15.0. The van der Waals surface area contributed by atoms with E-state index < -0.39 is 32.9 Å². The molecule has 3 heterocycles. The van der Waals surface area contributed by atoms with E-state index in [2.05, 4.69) is 39.4 Å². The molecule has 0 saturated carbocycles.